The zero-order valence-corrected chi connectivity index (χ0v) is 13.4. The number of carbonyl (C=O) groups is 2. The molecule has 0 saturated carbocycles. The van der Waals surface area contributed by atoms with E-state index in [1.54, 1.807) is 42.5 Å². The number of pyridine rings is 1. The lowest BCUT2D eigenvalue weighted by atomic mass is 10.1. The predicted molar refractivity (Wildman–Crippen MR) is 89.7 cm³/mol. The van der Waals surface area contributed by atoms with Crippen LogP contribution in [0, 0.1) is 0 Å². The number of benzene rings is 1. The maximum absolute atomic E-state index is 12.1. The first-order valence-corrected chi connectivity index (χ1v) is 7.32. The summed E-state index contributed by atoms with van der Waals surface area (Å²) in [5.41, 5.74) is -1.09. The van der Waals surface area contributed by atoms with Gasteiger partial charge >= 0.3 is 0 Å². The van der Waals surface area contributed by atoms with E-state index in [1.165, 1.54) is 20.0 Å². The highest BCUT2D eigenvalue weighted by atomic mass is 16.5. The van der Waals surface area contributed by atoms with E-state index < -0.39 is 11.5 Å². The molecule has 24 heavy (non-hydrogen) atoms. The molecule has 3 N–H and O–H groups in total. The molecule has 0 aliphatic carbocycles. The van der Waals surface area contributed by atoms with Crippen LogP contribution in [0.5, 0.6) is 5.75 Å². The van der Waals surface area contributed by atoms with Crippen LogP contribution in [0.4, 0.5) is 11.5 Å². The molecule has 0 aliphatic heterocycles. The minimum atomic E-state index is -1.73. The van der Waals surface area contributed by atoms with Crippen LogP contribution < -0.4 is 15.4 Å². The molecule has 0 saturated heterocycles. The van der Waals surface area contributed by atoms with Crippen molar-refractivity contribution in [1.82, 2.24) is 4.98 Å². The molecule has 7 nitrogen and oxygen atoms in total. The second-order valence-corrected chi connectivity index (χ2v) is 5.44. The smallest absolute Gasteiger partial charge is 0.260 e. The predicted octanol–water partition coefficient (Wildman–Crippen LogP) is 1.81. The summed E-state index contributed by atoms with van der Waals surface area (Å²) in [6.07, 6.45) is 1.54. The van der Waals surface area contributed by atoms with Crippen molar-refractivity contribution in [2.75, 3.05) is 17.2 Å². The van der Waals surface area contributed by atoms with E-state index in [4.69, 9.17) is 4.74 Å². The van der Waals surface area contributed by atoms with Crippen LogP contribution in [0.15, 0.2) is 48.7 Å². The summed E-state index contributed by atoms with van der Waals surface area (Å²) in [7, 11) is 0. The van der Waals surface area contributed by atoms with Crippen LogP contribution in [0.3, 0.4) is 0 Å². The summed E-state index contributed by atoms with van der Waals surface area (Å²) in [4.78, 5) is 27.0. The van der Waals surface area contributed by atoms with Crippen molar-refractivity contribution in [3.8, 4) is 5.75 Å². The lowest BCUT2D eigenvalue weighted by Gasteiger charge is -2.22. The molecule has 0 bridgehead atoms. The van der Waals surface area contributed by atoms with Gasteiger partial charge in [0.2, 0.25) is 5.91 Å². The van der Waals surface area contributed by atoms with E-state index >= 15 is 0 Å². The number of hydrogen-bond donors (Lipinski definition) is 3. The van der Waals surface area contributed by atoms with E-state index in [1.807, 2.05) is 0 Å². The summed E-state index contributed by atoms with van der Waals surface area (Å²) in [5, 5.41) is 15.4. The number of aromatic nitrogens is 1. The van der Waals surface area contributed by atoms with Crippen molar-refractivity contribution in [3.63, 3.8) is 0 Å². The molecule has 2 rings (SSSR count). The number of ether oxygens (including phenoxy) is 1. The Morgan fingerprint density at radius 3 is 2.46 bits per heavy atom. The molecule has 1 atom stereocenters. The fourth-order valence-corrected chi connectivity index (χ4v) is 1.81. The Morgan fingerprint density at radius 2 is 1.88 bits per heavy atom. The second-order valence-electron chi connectivity index (χ2n) is 5.44. The van der Waals surface area contributed by atoms with E-state index in [2.05, 4.69) is 15.6 Å². The van der Waals surface area contributed by atoms with Gasteiger partial charge in [0.25, 0.3) is 5.91 Å². The molecule has 0 spiro atoms. The van der Waals surface area contributed by atoms with E-state index in [-0.39, 0.29) is 12.5 Å². The van der Waals surface area contributed by atoms with Crippen molar-refractivity contribution < 1.29 is 19.4 Å². The minimum Gasteiger partial charge on any atom is -0.490 e. The second kappa shape index (κ2) is 7.56. The molecule has 7 heteroatoms. The molecule has 0 aliphatic rings. The van der Waals surface area contributed by atoms with Gasteiger partial charge in [-0.15, -0.1) is 0 Å². The molecular weight excluding hydrogens is 310 g/mol. The number of nitrogens with one attached hydrogen (secondary N) is 2. The monoisotopic (exact) mass is 329 g/mol. The van der Waals surface area contributed by atoms with Crippen molar-refractivity contribution in [1.29, 1.82) is 0 Å². The molecule has 2 aromatic rings. The van der Waals surface area contributed by atoms with Crippen LogP contribution in [0.25, 0.3) is 0 Å². The maximum Gasteiger partial charge on any atom is 0.260 e. The first kappa shape index (κ1) is 17.4. The van der Waals surface area contributed by atoms with Gasteiger partial charge in [-0.2, -0.15) is 0 Å². The van der Waals surface area contributed by atoms with Crippen LogP contribution >= 0.6 is 0 Å². The Morgan fingerprint density at radius 1 is 1.17 bits per heavy atom. The number of amides is 2. The third-order valence-corrected chi connectivity index (χ3v) is 3.09. The Kier molecular flexibility index (Phi) is 5.49. The summed E-state index contributed by atoms with van der Waals surface area (Å²) < 4.78 is 5.45. The molecule has 0 unspecified atom stereocenters. The van der Waals surface area contributed by atoms with Gasteiger partial charge in [-0.25, -0.2) is 4.98 Å². The van der Waals surface area contributed by atoms with Gasteiger partial charge in [0.1, 0.15) is 18.2 Å². The molecule has 0 radical (unpaired) electrons. The molecule has 2 amide bonds. The fourth-order valence-electron chi connectivity index (χ4n) is 1.81. The molecule has 1 aromatic heterocycles. The number of carbonyl (C=O) groups excluding carboxylic acids is 2. The zero-order valence-electron chi connectivity index (χ0n) is 13.4. The first-order chi connectivity index (χ1) is 11.4. The van der Waals surface area contributed by atoms with Crippen LogP contribution in [-0.4, -0.2) is 34.1 Å². The number of anilines is 2. The topological polar surface area (TPSA) is 101 Å². The Balaban J connectivity index is 1.91. The summed E-state index contributed by atoms with van der Waals surface area (Å²) in [6.45, 7) is 2.55. The highest BCUT2D eigenvalue weighted by molar-refractivity contribution is 5.96. The van der Waals surface area contributed by atoms with Crippen molar-refractivity contribution >= 4 is 23.3 Å². The summed E-state index contributed by atoms with van der Waals surface area (Å²) in [5.74, 6) is 0.0336. The third-order valence-electron chi connectivity index (χ3n) is 3.09. The molecule has 1 heterocycles. The van der Waals surface area contributed by atoms with E-state index in [0.29, 0.717) is 17.3 Å². The fraction of sp³-hybridized carbons (Fsp3) is 0.235. The SMILES string of the molecule is CC(=O)Nc1ccc(OC[C@](C)(O)C(=O)Nc2ccccn2)cc1. The lowest BCUT2D eigenvalue weighted by molar-refractivity contribution is -0.135. The van der Waals surface area contributed by atoms with E-state index in [0.717, 1.165) is 0 Å². The number of aliphatic hydroxyl groups is 1. The highest BCUT2D eigenvalue weighted by Crippen LogP contribution is 2.18. The molecule has 126 valence electrons. The average Bonchev–Trinajstić information content (AvgIpc) is 2.54. The van der Waals surface area contributed by atoms with Crippen LogP contribution in [0.1, 0.15) is 13.8 Å². The van der Waals surface area contributed by atoms with Crippen molar-refractivity contribution in [3.05, 3.63) is 48.7 Å². The van der Waals surface area contributed by atoms with Crippen molar-refractivity contribution in [2.24, 2.45) is 0 Å². The quantitative estimate of drug-likeness (QED) is 0.750. The van der Waals surface area contributed by atoms with E-state index in [9.17, 15) is 14.7 Å². The minimum absolute atomic E-state index is 0.169. The van der Waals surface area contributed by atoms with Crippen molar-refractivity contribution in [2.45, 2.75) is 19.4 Å². The van der Waals surface area contributed by atoms with Crippen LogP contribution in [-0.2, 0) is 9.59 Å². The third kappa shape index (κ3) is 5.06. The zero-order chi connectivity index (χ0) is 17.6. The Labute approximate surface area is 139 Å². The molecule has 1 aromatic carbocycles. The Bertz CT molecular complexity index is 700. The van der Waals surface area contributed by atoms with Gasteiger partial charge in [0.15, 0.2) is 5.60 Å². The van der Waals surface area contributed by atoms with Gasteiger partial charge in [-0.1, -0.05) is 6.07 Å². The maximum atomic E-state index is 12.1. The molecular formula is C17H19N3O4. The van der Waals surface area contributed by atoms with Crippen LogP contribution in [0.2, 0.25) is 0 Å². The lowest BCUT2D eigenvalue weighted by Crippen LogP contribution is -2.45. The first-order valence-electron chi connectivity index (χ1n) is 7.32. The van der Waals surface area contributed by atoms with Gasteiger partial charge in [0.05, 0.1) is 0 Å². The Hall–Kier alpha value is -2.93. The number of nitrogens with zero attached hydrogens (tertiary/aromatic N) is 1. The standard InChI is InChI=1S/C17H19N3O4/c1-12(21)19-13-6-8-14(9-7-13)24-11-17(2,23)16(22)20-15-5-3-4-10-18-15/h3-10,23H,11H2,1-2H3,(H,19,21)(H,18,20,22)/t17-/m0/s1. The van der Waals surface area contributed by atoms with Gasteiger partial charge in [0, 0.05) is 18.8 Å². The number of hydrogen-bond acceptors (Lipinski definition) is 5. The van der Waals surface area contributed by atoms with Gasteiger partial charge < -0.3 is 20.5 Å². The summed E-state index contributed by atoms with van der Waals surface area (Å²) in [6, 6.07) is 11.7. The number of rotatable bonds is 6. The average molecular weight is 329 g/mol. The summed E-state index contributed by atoms with van der Waals surface area (Å²) >= 11 is 0. The normalized spacial score (nSPS) is 12.8. The molecule has 0 fully saturated rings. The van der Waals surface area contributed by atoms with Gasteiger partial charge in [-0.3, -0.25) is 9.59 Å². The largest absolute Gasteiger partial charge is 0.490 e. The highest BCUT2D eigenvalue weighted by Gasteiger charge is 2.31. The van der Waals surface area contributed by atoms with Gasteiger partial charge in [-0.05, 0) is 43.3 Å².